The lowest BCUT2D eigenvalue weighted by Gasteiger charge is -2.21. The molecule has 0 radical (unpaired) electrons. The van der Waals surface area contributed by atoms with E-state index in [0.29, 0.717) is 0 Å². The van der Waals surface area contributed by atoms with Gasteiger partial charge < -0.3 is 4.90 Å². The van der Waals surface area contributed by atoms with Crippen molar-refractivity contribution in [3.8, 4) is 0 Å². The Labute approximate surface area is 149 Å². The van der Waals surface area contributed by atoms with Crippen molar-refractivity contribution in [1.29, 1.82) is 0 Å². The van der Waals surface area contributed by atoms with Crippen molar-refractivity contribution < 1.29 is 4.79 Å². The molecule has 0 N–H and O–H groups in total. The summed E-state index contributed by atoms with van der Waals surface area (Å²) in [4.78, 5) is 21.0. The molecule has 25 heavy (non-hydrogen) atoms. The number of hydrogen-bond donors (Lipinski definition) is 0. The van der Waals surface area contributed by atoms with Gasteiger partial charge in [-0.2, -0.15) is 0 Å². The minimum Gasteiger partial charge on any atom is -0.338 e. The standard InChI is InChI=1S/C21H25N3O/c1-18-6-8-19(9-7-18)17-23-13-4-14-24(16-15-23)21(25)11-10-20-5-2-3-12-22-20/h2-3,5-12H,4,13-17H2,1H3/b11-10-. The summed E-state index contributed by atoms with van der Waals surface area (Å²) in [6.07, 6.45) is 6.17. The molecular formula is C21H25N3O. The fourth-order valence-corrected chi connectivity index (χ4v) is 3.04. The van der Waals surface area contributed by atoms with E-state index in [1.54, 1.807) is 18.3 Å². The van der Waals surface area contributed by atoms with Crippen molar-refractivity contribution in [1.82, 2.24) is 14.8 Å². The predicted molar refractivity (Wildman–Crippen MR) is 101 cm³/mol. The molecule has 2 aromatic rings. The van der Waals surface area contributed by atoms with E-state index in [4.69, 9.17) is 0 Å². The molecule has 0 spiro atoms. The van der Waals surface area contributed by atoms with Crippen molar-refractivity contribution in [2.75, 3.05) is 26.2 Å². The van der Waals surface area contributed by atoms with Crippen molar-refractivity contribution in [2.45, 2.75) is 19.9 Å². The molecule has 130 valence electrons. The lowest BCUT2D eigenvalue weighted by atomic mass is 10.1. The van der Waals surface area contributed by atoms with E-state index in [1.807, 2.05) is 23.1 Å². The van der Waals surface area contributed by atoms with Crippen LogP contribution in [0.1, 0.15) is 23.2 Å². The lowest BCUT2D eigenvalue weighted by molar-refractivity contribution is -0.125. The van der Waals surface area contributed by atoms with Crippen molar-refractivity contribution in [3.63, 3.8) is 0 Å². The molecule has 3 rings (SSSR count). The molecule has 1 fully saturated rings. The van der Waals surface area contributed by atoms with E-state index in [9.17, 15) is 4.79 Å². The van der Waals surface area contributed by atoms with Gasteiger partial charge in [-0.1, -0.05) is 35.9 Å². The highest BCUT2D eigenvalue weighted by Gasteiger charge is 2.17. The molecular weight excluding hydrogens is 310 g/mol. The van der Waals surface area contributed by atoms with Gasteiger partial charge in [0.25, 0.3) is 0 Å². The molecule has 1 aromatic heterocycles. The summed E-state index contributed by atoms with van der Waals surface area (Å²) in [5.74, 6) is 0.0721. The number of carbonyl (C=O) groups is 1. The quantitative estimate of drug-likeness (QED) is 0.806. The topological polar surface area (TPSA) is 36.4 Å². The minimum absolute atomic E-state index is 0.0721. The van der Waals surface area contributed by atoms with Crippen LogP contribution < -0.4 is 0 Å². The highest BCUT2D eigenvalue weighted by molar-refractivity contribution is 5.91. The van der Waals surface area contributed by atoms with E-state index in [2.05, 4.69) is 41.1 Å². The van der Waals surface area contributed by atoms with Crippen molar-refractivity contribution in [2.24, 2.45) is 0 Å². The molecule has 1 saturated heterocycles. The van der Waals surface area contributed by atoms with Crippen LogP contribution in [0.25, 0.3) is 6.08 Å². The monoisotopic (exact) mass is 335 g/mol. The van der Waals surface area contributed by atoms with Crippen LogP contribution in [-0.2, 0) is 11.3 Å². The van der Waals surface area contributed by atoms with Crippen LogP contribution in [-0.4, -0.2) is 46.9 Å². The van der Waals surface area contributed by atoms with Gasteiger partial charge in [0.2, 0.25) is 5.91 Å². The Morgan fingerprint density at radius 3 is 2.68 bits per heavy atom. The van der Waals surface area contributed by atoms with Gasteiger partial charge in [-0.25, -0.2) is 0 Å². The van der Waals surface area contributed by atoms with Gasteiger partial charge in [0.1, 0.15) is 0 Å². The number of aryl methyl sites for hydroxylation is 1. The average molecular weight is 335 g/mol. The molecule has 1 aromatic carbocycles. The van der Waals surface area contributed by atoms with Crippen LogP contribution in [0.2, 0.25) is 0 Å². The molecule has 0 atom stereocenters. The van der Waals surface area contributed by atoms with Gasteiger partial charge in [0.15, 0.2) is 0 Å². The van der Waals surface area contributed by atoms with Crippen LogP contribution in [0.3, 0.4) is 0 Å². The minimum atomic E-state index is 0.0721. The molecule has 0 bridgehead atoms. The molecule has 1 aliphatic heterocycles. The molecule has 0 aliphatic carbocycles. The molecule has 0 unspecified atom stereocenters. The number of aromatic nitrogens is 1. The van der Waals surface area contributed by atoms with Crippen LogP contribution in [0, 0.1) is 6.92 Å². The largest absolute Gasteiger partial charge is 0.338 e. The zero-order chi connectivity index (χ0) is 17.5. The second kappa shape index (κ2) is 8.58. The molecule has 4 nitrogen and oxygen atoms in total. The molecule has 2 heterocycles. The van der Waals surface area contributed by atoms with Crippen molar-refractivity contribution >= 4 is 12.0 Å². The third-order valence-corrected chi connectivity index (χ3v) is 4.51. The Hall–Kier alpha value is -2.46. The maximum Gasteiger partial charge on any atom is 0.246 e. The first kappa shape index (κ1) is 17.4. The maximum absolute atomic E-state index is 12.4. The maximum atomic E-state index is 12.4. The molecule has 4 heteroatoms. The second-order valence-corrected chi connectivity index (χ2v) is 6.53. The zero-order valence-corrected chi connectivity index (χ0v) is 14.8. The zero-order valence-electron chi connectivity index (χ0n) is 14.8. The normalized spacial score (nSPS) is 16.1. The van der Waals surface area contributed by atoms with Gasteiger partial charge >= 0.3 is 0 Å². The Balaban J connectivity index is 1.53. The number of benzene rings is 1. The third kappa shape index (κ3) is 5.26. The summed E-state index contributed by atoms with van der Waals surface area (Å²) in [6, 6.07) is 14.4. The Morgan fingerprint density at radius 1 is 1.08 bits per heavy atom. The smallest absolute Gasteiger partial charge is 0.246 e. The second-order valence-electron chi connectivity index (χ2n) is 6.53. The Bertz CT molecular complexity index is 710. The highest BCUT2D eigenvalue weighted by atomic mass is 16.2. The SMILES string of the molecule is Cc1ccc(CN2CCCN(C(=O)/C=C\c3ccccn3)CC2)cc1. The first-order valence-electron chi connectivity index (χ1n) is 8.86. The number of hydrogen-bond acceptors (Lipinski definition) is 3. The van der Waals surface area contributed by atoms with Crippen molar-refractivity contribution in [3.05, 3.63) is 71.6 Å². The summed E-state index contributed by atoms with van der Waals surface area (Å²) >= 11 is 0. The fourth-order valence-electron chi connectivity index (χ4n) is 3.04. The predicted octanol–water partition coefficient (Wildman–Crippen LogP) is 3.14. The number of pyridine rings is 1. The highest BCUT2D eigenvalue weighted by Crippen LogP contribution is 2.11. The van der Waals surface area contributed by atoms with Crippen LogP contribution in [0.5, 0.6) is 0 Å². The Morgan fingerprint density at radius 2 is 1.92 bits per heavy atom. The summed E-state index contributed by atoms with van der Waals surface area (Å²) < 4.78 is 0. The number of carbonyl (C=O) groups excluding carboxylic acids is 1. The summed E-state index contributed by atoms with van der Waals surface area (Å²) in [6.45, 7) is 6.59. The van der Waals surface area contributed by atoms with Crippen LogP contribution in [0.15, 0.2) is 54.7 Å². The summed E-state index contributed by atoms with van der Waals surface area (Å²) in [5, 5.41) is 0. The van der Waals surface area contributed by atoms with E-state index < -0.39 is 0 Å². The lowest BCUT2D eigenvalue weighted by Crippen LogP contribution is -2.34. The van der Waals surface area contributed by atoms with Crippen LogP contribution in [0.4, 0.5) is 0 Å². The first-order valence-corrected chi connectivity index (χ1v) is 8.86. The van der Waals surface area contributed by atoms with E-state index in [1.165, 1.54) is 11.1 Å². The number of nitrogens with zero attached hydrogens (tertiary/aromatic N) is 3. The van der Waals surface area contributed by atoms with Gasteiger partial charge in [0.05, 0.1) is 5.69 Å². The molecule has 0 saturated carbocycles. The van der Waals surface area contributed by atoms with E-state index >= 15 is 0 Å². The third-order valence-electron chi connectivity index (χ3n) is 4.51. The van der Waals surface area contributed by atoms with E-state index in [-0.39, 0.29) is 5.91 Å². The summed E-state index contributed by atoms with van der Waals surface area (Å²) in [5.41, 5.74) is 3.43. The molecule has 1 aliphatic rings. The molecule has 1 amide bonds. The van der Waals surface area contributed by atoms with E-state index in [0.717, 1.165) is 44.8 Å². The van der Waals surface area contributed by atoms with Gasteiger partial charge in [0, 0.05) is 45.0 Å². The average Bonchev–Trinajstić information content (AvgIpc) is 2.88. The number of rotatable bonds is 4. The fraction of sp³-hybridized carbons (Fsp3) is 0.333. The Kier molecular flexibility index (Phi) is 5.96. The van der Waals surface area contributed by atoms with Crippen LogP contribution >= 0.6 is 0 Å². The van der Waals surface area contributed by atoms with Gasteiger partial charge in [-0.05, 0) is 37.1 Å². The first-order chi connectivity index (χ1) is 12.2. The number of amides is 1. The summed E-state index contributed by atoms with van der Waals surface area (Å²) in [7, 11) is 0. The van der Waals surface area contributed by atoms with Gasteiger partial charge in [-0.15, -0.1) is 0 Å². The van der Waals surface area contributed by atoms with Gasteiger partial charge in [-0.3, -0.25) is 14.7 Å².